The minimum absolute atomic E-state index is 0.127. The number of nitrogens with zero attached hydrogens (tertiary/aromatic N) is 2. The smallest absolute Gasteiger partial charge is 0.265 e. The fourth-order valence-electron chi connectivity index (χ4n) is 3.71. The minimum atomic E-state index is -0.722. The molecule has 160 valence electrons. The molecule has 1 saturated heterocycles. The van der Waals surface area contributed by atoms with Gasteiger partial charge in [-0.3, -0.25) is 9.59 Å². The van der Waals surface area contributed by atoms with Gasteiger partial charge in [-0.2, -0.15) is 0 Å². The van der Waals surface area contributed by atoms with Crippen molar-refractivity contribution in [3.8, 4) is 10.6 Å². The molecule has 0 bridgehead atoms. The van der Waals surface area contributed by atoms with Gasteiger partial charge in [-0.05, 0) is 50.1 Å². The highest BCUT2D eigenvalue weighted by Gasteiger charge is 2.31. The van der Waals surface area contributed by atoms with Crippen molar-refractivity contribution in [3.63, 3.8) is 0 Å². The average molecular weight is 461 g/mol. The Hall–Kier alpha value is -2.64. The molecule has 1 fully saturated rings. The lowest BCUT2D eigenvalue weighted by Crippen LogP contribution is -2.40. The topological polar surface area (TPSA) is 50.3 Å². The van der Waals surface area contributed by atoms with Crippen LogP contribution in [0.4, 0.5) is 8.78 Å². The summed E-state index contributed by atoms with van der Waals surface area (Å²) in [4.78, 5) is 32.5. The summed E-state index contributed by atoms with van der Waals surface area (Å²) in [5, 5.41) is 1.37. The van der Waals surface area contributed by atoms with Gasteiger partial charge in [0.25, 0.3) is 5.91 Å². The zero-order chi connectivity index (χ0) is 22.1. The Labute approximate surface area is 187 Å². The molecule has 0 aliphatic carbocycles. The van der Waals surface area contributed by atoms with Crippen molar-refractivity contribution < 1.29 is 18.4 Å². The summed E-state index contributed by atoms with van der Waals surface area (Å²) in [6.45, 7) is 2.55. The highest BCUT2D eigenvalue weighted by molar-refractivity contribution is 7.17. The number of carbonyl (C=O) groups excluding carboxylic acids is 2. The van der Waals surface area contributed by atoms with E-state index in [1.54, 1.807) is 24.0 Å². The number of aryl methyl sites for hydroxylation is 1. The number of halogens is 3. The molecular formula is C23H19ClF2N2O2S. The third kappa shape index (κ3) is 4.52. The SMILES string of the molecule is Cc1nc(-c2ccc(Cl)cc2)sc1C(=O)N1CCC(C(=O)c2cc(F)ccc2F)CC1. The first kappa shape index (κ1) is 21.6. The van der Waals surface area contributed by atoms with Gasteiger partial charge < -0.3 is 4.90 Å². The van der Waals surface area contributed by atoms with E-state index < -0.39 is 23.3 Å². The Kier molecular flexibility index (Phi) is 6.16. The number of ketones is 1. The van der Waals surface area contributed by atoms with Gasteiger partial charge in [-0.15, -0.1) is 11.3 Å². The number of piperidine rings is 1. The van der Waals surface area contributed by atoms with Crippen LogP contribution in [0.2, 0.25) is 5.02 Å². The second-order valence-electron chi connectivity index (χ2n) is 7.50. The van der Waals surface area contributed by atoms with Gasteiger partial charge in [0.05, 0.1) is 11.3 Å². The molecule has 3 aromatic rings. The lowest BCUT2D eigenvalue weighted by atomic mass is 9.88. The van der Waals surface area contributed by atoms with E-state index in [1.165, 1.54) is 11.3 Å². The van der Waals surface area contributed by atoms with Crippen molar-refractivity contribution in [1.29, 1.82) is 0 Å². The van der Waals surface area contributed by atoms with Crippen LogP contribution in [-0.4, -0.2) is 34.7 Å². The number of likely N-dealkylation sites (tertiary alicyclic amines) is 1. The van der Waals surface area contributed by atoms with Crippen molar-refractivity contribution in [2.45, 2.75) is 19.8 Å². The molecule has 31 heavy (non-hydrogen) atoms. The first-order chi connectivity index (χ1) is 14.8. The van der Waals surface area contributed by atoms with E-state index in [9.17, 15) is 18.4 Å². The maximum Gasteiger partial charge on any atom is 0.265 e. The maximum absolute atomic E-state index is 13.9. The Balaban J connectivity index is 1.44. The minimum Gasteiger partial charge on any atom is -0.338 e. The number of amides is 1. The molecule has 8 heteroatoms. The van der Waals surface area contributed by atoms with Gasteiger partial charge in [0.2, 0.25) is 0 Å². The molecule has 0 saturated carbocycles. The van der Waals surface area contributed by atoms with Crippen LogP contribution in [0.3, 0.4) is 0 Å². The van der Waals surface area contributed by atoms with E-state index in [0.29, 0.717) is 41.5 Å². The quantitative estimate of drug-likeness (QED) is 0.463. The number of aromatic nitrogens is 1. The molecule has 0 unspecified atom stereocenters. The molecule has 4 rings (SSSR count). The van der Waals surface area contributed by atoms with Crippen molar-refractivity contribution in [2.24, 2.45) is 5.92 Å². The van der Waals surface area contributed by atoms with Gasteiger partial charge in [0.1, 0.15) is 21.5 Å². The van der Waals surface area contributed by atoms with E-state index in [1.807, 2.05) is 12.1 Å². The lowest BCUT2D eigenvalue weighted by Gasteiger charge is -2.31. The molecule has 0 radical (unpaired) electrons. The summed E-state index contributed by atoms with van der Waals surface area (Å²) in [6, 6.07) is 10.2. The molecule has 2 aromatic carbocycles. The van der Waals surface area contributed by atoms with Crippen molar-refractivity contribution >= 4 is 34.6 Å². The summed E-state index contributed by atoms with van der Waals surface area (Å²) in [5.74, 6) is -2.34. The normalized spacial score (nSPS) is 14.6. The van der Waals surface area contributed by atoms with E-state index in [0.717, 1.165) is 28.8 Å². The summed E-state index contributed by atoms with van der Waals surface area (Å²) in [7, 11) is 0. The second kappa shape index (κ2) is 8.85. The van der Waals surface area contributed by atoms with Crippen LogP contribution in [0.1, 0.15) is 38.6 Å². The second-order valence-corrected chi connectivity index (χ2v) is 8.93. The van der Waals surface area contributed by atoms with Crippen LogP contribution in [0.5, 0.6) is 0 Å². The van der Waals surface area contributed by atoms with Crippen molar-refractivity contribution in [1.82, 2.24) is 9.88 Å². The van der Waals surface area contributed by atoms with E-state index >= 15 is 0 Å². The summed E-state index contributed by atoms with van der Waals surface area (Å²) >= 11 is 7.26. The molecule has 0 spiro atoms. The first-order valence-corrected chi connectivity index (χ1v) is 11.0. The summed E-state index contributed by atoms with van der Waals surface area (Å²) in [6.07, 6.45) is 0.810. The third-order valence-corrected chi connectivity index (χ3v) is 6.88. The first-order valence-electron chi connectivity index (χ1n) is 9.85. The Bertz CT molecular complexity index is 1140. The number of hydrogen-bond donors (Lipinski definition) is 0. The third-order valence-electron chi connectivity index (χ3n) is 5.43. The highest BCUT2D eigenvalue weighted by atomic mass is 35.5. The van der Waals surface area contributed by atoms with Gasteiger partial charge in [0, 0.05) is 29.6 Å². The van der Waals surface area contributed by atoms with Gasteiger partial charge in [-0.1, -0.05) is 23.7 Å². The molecule has 0 atom stereocenters. The highest BCUT2D eigenvalue weighted by Crippen LogP contribution is 2.31. The van der Waals surface area contributed by atoms with Gasteiger partial charge in [0.15, 0.2) is 5.78 Å². The number of carbonyl (C=O) groups is 2. The van der Waals surface area contributed by atoms with Crippen LogP contribution in [0.15, 0.2) is 42.5 Å². The number of rotatable bonds is 4. The van der Waals surface area contributed by atoms with E-state index in [-0.39, 0.29) is 11.5 Å². The molecule has 2 heterocycles. The lowest BCUT2D eigenvalue weighted by molar-refractivity contribution is 0.0652. The standard InChI is InChI=1S/C23H19ClF2N2O2S/c1-13-21(31-22(27-13)15-2-4-16(24)5-3-15)23(30)28-10-8-14(9-11-28)20(29)18-12-17(25)6-7-19(18)26/h2-7,12,14H,8-11H2,1H3. The Morgan fingerprint density at radius 2 is 1.77 bits per heavy atom. The zero-order valence-electron chi connectivity index (χ0n) is 16.7. The van der Waals surface area contributed by atoms with Crippen LogP contribution >= 0.6 is 22.9 Å². The number of benzene rings is 2. The van der Waals surface area contributed by atoms with Crippen molar-refractivity contribution in [3.05, 3.63) is 75.3 Å². The molecular weight excluding hydrogens is 442 g/mol. The fourth-order valence-corrected chi connectivity index (χ4v) is 4.87. The maximum atomic E-state index is 13.9. The molecule has 1 aromatic heterocycles. The predicted molar refractivity (Wildman–Crippen MR) is 117 cm³/mol. The van der Waals surface area contributed by atoms with E-state index in [4.69, 9.17) is 11.6 Å². The predicted octanol–water partition coefficient (Wildman–Crippen LogP) is 5.79. The number of Topliss-reactive ketones (excluding diaryl/α,β-unsaturated/α-hetero) is 1. The van der Waals surface area contributed by atoms with Crippen molar-refractivity contribution in [2.75, 3.05) is 13.1 Å². The summed E-state index contributed by atoms with van der Waals surface area (Å²) in [5.41, 5.74) is 1.31. The van der Waals surface area contributed by atoms with Crippen LogP contribution in [0.25, 0.3) is 10.6 Å². The van der Waals surface area contributed by atoms with Gasteiger partial charge in [-0.25, -0.2) is 13.8 Å². The molecule has 0 N–H and O–H groups in total. The molecule has 1 aliphatic heterocycles. The number of hydrogen-bond acceptors (Lipinski definition) is 4. The molecule has 1 aliphatic rings. The van der Waals surface area contributed by atoms with Crippen LogP contribution < -0.4 is 0 Å². The monoisotopic (exact) mass is 460 g/mol. The van der Waals surface area contributed by atoms with E-state index in [2.05, 4.69) is 4.98 Å². The average Bonchev–Trinajstić information content (AvgIpc) is 3.16. The van der Waals surface area contributed by atoms with Crippen LogP contribution in [-0.2, 0) is 0 Å². The summed E-state index contributed by atoms with van der Waals surface area (Å²) < 4.78 is 27.4. The van der Waals surface area contributed by atoms with Crippen LogP contribution in [0, 0.1) is 24.5 Å². The largest absolute Gasteiger partial charge is 0.338 e. The zero-order valence-corrected chi connectivity index (χ0v) is 18.3. The number of thiazole rings is 1. The Morgan fingerprint density at radius 3 is 2.45 bits per heavy atom. The van der Waals surface area contributed by atoms with Gasteiger partial charge >= 0.3 is 0 Å². The Morgan fingerprint density at radius 1 is 1.10 bits per heavy atom. The fraction of sp³-hybridized carbons (Fsp3) is 0.261. The molecule has 1 amide bonds. The molecule has 4 nitrogen and oxygen atoms in total.